The van der Waals surface area contributed by atoms with Crippen LogP contribution in [0.25, 0.3) is 0 Å². The second-order valence-electron chi connectivity index (χ2n) is 5.27. The molecule has 6 nitrogen and oxygen atoms in total. The SMILES string of the molecule is CCCC1SCC(C(=O)O)N1C(=O)N(CCO)C1CC1. The lowest BCUT2D eigenvalue weighted by Crippen LogP contribution is -2.52. The van der Waals surface area contributed by atoms with E-state index in [1.54, 1.807) is 16.7 Å². The molecule has 2 atom stereocenters. The van der Waals surface area contributed by atoms with Gasteiger partial charge in [0.05, 0.1) is 12.0 Å². The van der Waals surface area contributed by atoms with Crippen LogP contribution in [0, 0.1) is 0 Å². The standard InChI is InChI=1S/C13H22N2O4S/c1-2-3-11-15(10(8-20-11)12(17)18)13(19)14(6-7-16)9-4-5-9/h9-11,16H,2-8H2,1H3,(H,17,18). The monoisotopic (exact) mass is 302 g/mol. The topological polar surface area (TPSA) is 81.1 Å². The van der Waals surface area contributed by atoms with Crippen LogP contribution in [0.4, 0.5) is 4.79 Å². The molecule has 2 fully saturated rings. The summed E-state index contributed by atoms with van der Waals surface area (Å²) >= 11 is 1.54. The predicted molar refractivity (Wildman–Crippen MR) is 76.6 cm³/mol. The summed E-state index contributed by atoms with van der Waals surface area (Å²) in [6.45, 7) is 2.24. The molecular formula is C13H22N2O4S. The molecule has 2 aliphatic rings. The second-order valence-corrected chi connectivity index (χ2v) is 6.48. The van der Waals surface area contributed by atoms with Crippen LogP contribution in [0.15, 0.2) is 0 Å². The summed E-state index contributed by atoms with van der Waals surface area (Å²) in [5, 5.41) is 18.4. The Balaban J connectivity index is 2.14. The average molecular weight is 302 g/mol. The molecule has 0 bridgehead atoms. The molecule has 0 aromatic rings. The Bertz CT molecular complexity index is 375. The molecule has 114 valence electrons. The van der Waals surface area contributed by atoms with Crippen LogP contribution in [-0.4, -0.2) is 68.4 Å². The zero-order valence-corrected chi connectivity index (χ0v) is 12.5. The number of urea groups is 1. The van der Waals surface area contributed by atoms with E-state index in [2.05, 4.69) is 0 Å². The Morgan fingerprint density at radius 2 is 2.10 bits per heavy atom. The van der Waals surface area contributed by atoms with Gasteiger partial charge in [0, 0.05) is 18.3 Å². The molecule has 2 amide bonds. The van der Waals surface area contributed by atoms with Gasteiger partial charge >= 0.3 is 12.0 Å². The third-order valence-corrected chi connectivity index (χ3v) is 5.06. The first-order valence-electron chi connectivity index (χ1n) is 7.14. The Morgan fingerprint density at radius 1 is 1.40 bits per heavy atom. The molecule has 0 aromatic heterocycles. The maximum Gasteiger partial charge on any atom is 0.327 e. The molecule has 0 radical (unpaired) electrons. The highest BCUT2D eigenvalue weighted by Gasteiger charge is 2.45. The van der Waals surface area contributed by atoms with E-state index >= 15 is 0 Å². The first-order chi connectivity index (χ1) is 9.60. The lowest BCUT2D eigenvalue weighted by molar-refractivity contribution is -0.141. The van der Waals surface area contributed by atoms with E-state index in [4.69, 9.17) is 5.11 Å². The lowest BCUT2D eigenvalue weighted by atomic mass is 10.2. The van der Waals surface area contributed by atoms with Crippen molar-refractivity contribution in [2.45, 2.75) is 50.1 Å². The smallest absolute Gasteiger partial charge is 0.327 e. The van der Waals surface area contributed by atoms with Gasteiger partial charge in [-0.2, -0.15) is 0 Å². The number of nitrogens with zero attached hydrogens (tertiary/aromatic N) is 2. The number of aliphatic hydroxyl groups excluding tert-OH is 1. The van der Waals surface area contributed by atoms with Gasteiger partial charge in [0.1, 0.15) is 6.04 Å². The largest absolute Gasteiger partial charge is 0.480 e. The van der Waals surface area contributed by atoms with Crippen LogP contribution in [0.3, 0.4) is 0 Å². The lowest BCUT2D eigenvalue weighted by Gasteiger charge is -2.33. The number of aliphatic hydroxyl groups is 1. The number of carbonyl (C=O) groups excluding carboxylic acids is 1. The second kappa shape index (κ2) is 6.67. The summed E-state index contributed by atoms with van der Waals surface area (Å²) in [6.07, 6.45) is 3.61. The van der Waals surface area contributed by atoms with E-state index in [1.165, 1.54) is 4.90 Å². The zero-order valence-electron chi connectivity index (χ0n) is 11.7. The predicted octanol–water partition coefficient (Wildman–Crippen LogP) is 1.19. The van der Waals surface area contributed by atoms with Crippen LogP contribution in [-0.2, 0) is 4.79 Å². The average Bonchev–Trinajstić information content (AvgIpc) is 3.16. The van der Waals surface area contributed by atoms with Crippen molar-refractivity contribution in [2.24, 2.45) is 0 Å². The number of carbonyl (C=O) groups is 2. The van der Waals surface area contributed by atoms with E-state index in [0.29, 0.717) is 5.75 Å². The highest BCUT2D eigenvalue weighted by atomic mass is 32.2. The van der Waals surface area contributed by atoms with Gasteiger partial charge in [-0.15, -0.1) is 11.8 Å². The number of thioether (sulfide) groups is 1. The fourth-order valence-electron chi connectivity index (χ4n) is 2.56. The van der Waals surface area contributed by atoms with Crippen molar-refractivity contribution in [2.75, 3.05) is 18.9 Å². The number of aliphatic carboxylic acids is 1. The Morgan fingerprint density at radius 3 is 2.60 bits per heavy atom. The third-order valence-electron chi connectivity index (χ3n) is 3.71. The highest BCUT2D eigenvalue weighted by molar-refractivity contribution is 8.00. The van der Waals surface area contributed by atoms with Crippen LogP contribution >= 0.6 is 11.8 Å². The fraction of sp³-hybridized carbons (Fsp3) is 0.846. The van der Waals surface area contributed by atoms with Crippen LogP contribution in [0.2, 0.25) is 0 Å². The first-order valence-corrected chi connectivity index (χ1v) is 8.19. The maximum atomic E-state index is 12.7. The van der Waals surface area contributed by atoms with Crippen molar-refractivity contribution in [1.29, 1.82) is 0 Å². The number of hydrogen-bond acceptors (Lipinski definition) is 4. The zero-order chi connectivity index (χ0) is 14.7. The summed E-state index contributed by atoms with van der Waals surface area (Å²) in [4.78, 5) is 27.2. The molecule has 2 unspecified atom stereocenters. The van der Waals surface area contributed by atoms with Gasteiger partial charge in [0.15, 0.2) is 0 Å². The van der Waals surface area contributed by atoms with Gasteiger partial charge in [-0.25, -0.2) is 9.59 Å². The van der Waals surface area contributed by atoms with E-state index < -0.39 is 12.0 Å². The van der Waals surface area contributed by atoms with Gasteiger partial charge in [0.2, 0.25) is 0 Å². The summed E-state index contributed by atoms with van der Waals surface area (Å²) < 4.78 is 0. The summed E-state index contributed by atoms with van der Waals surface area (Å²) in [5.41, 5.74) is 0. The van der Waals surface area contributed by atoms with Gasteiger partial charge < -0.3 is 15.1 Å². The number of carboxylic acids is 1. The van der Waals surface area contributed by atoms with E-state index in [9.17, 15) is 14.7 Å². The van der Waals surface area contributed by atoms with Crippen molar-refractivity contribution in [3.63, 3.8) is 0 Å². The summed E-state index contributed by atoms with van der Waals surface area (Å²) in [5.74, 6) is -0.493. The Labute approximate surface area is 123 Å². The molecule has 1 saturated carbocycles. The van der Waals surface area contributed by atoms with Crippen LogP contribution in [0.1, 0.15) is 32.6 Å². The molecule has 1 saturated heterocycles. The fourth-order valence-corrected chi connectivity index (χ4v) is 4.06. The third kappa shape index (κ3) is 3.20. The van der Waals surface area contributed by atoms with Crippen molar-refractivity contribution in [1.82, 2.24) is 9.80 Å². The quantitative estimate of drug-likeness (QED) is 0.770. The summed E-state index contributed by atoms with van der Waals surface area (Å²) in [6, 6.07) is -0.793. The van der Waals surface area contributed by atoms with Crippen LogP contribution in [0.5, 0.6) is 0 Å². The molecule has 1 heterocycles. The highest BCUT2D eigenvalue weighted by Crippen LogP contribution is 2.35. The number of amides is 2. The Hall–Kier alpha value is -0.950. The van der Waals surface area contributed by atoms with Gasteiger partial charge in [-0.05, 0) is 19.3 Å². The minimum absolute atomic E-state index is 0.0615. The van der Waals surface area contributed by atoms with Crippen molar-refractivity contribution >= 4 is 23.8 Å². The van der Waals surface area contributed by atoms with Crippen molar-refractivity contribution in [3.05, 3.63) is 0 Å². The molecule has 2 N–H and O–H groups in total. The molecule has 1 aliphatic heterocycles. The van der Waals surface area contributed by atoms with E-state index in [1.807, 2.05) is 6.92 Å². The van der Waals surface area contributed by atoms with Crippen LogP contribution < -0.4 is 0 Å². The molecule has 0 aromatic carbocycles. The maximum absolute atomic E-state index is 12.7. The molecule has 2 rings (SSSR count). The molecule has 1 aliphatic carbocycles. The summed E-state index contributed by atoms with van der Waals surface area (Å²) in [7, 11) is 0. The van der Waals surface area contributed by atoms with E-state index in [0.717, 1.165) is 25.7 Å². The molecule has 0 spiro atoms. The minimum Gasteiger partial charge on any atom is -0.480 e. The first kappa shape index (κ1) is 15.4. The van der Waals surface area contributed by atoms with Gasteiger partial charge in [-0.3, -0.25) is 4.90 Å². The van der Waals surface area contributed by atoms with Crippen molar-refractivity contribution in [3.8, 4) is 0 Å². The number of carboxylic acid groups (broad SMARTS) is 1. The molecular weight excluding hydrogens is 280 g/mol. The van der Waals surface area contributed by atoms with Gasteiger partial charge in [0.25, 0.3) is 0 Å². The number of rotatable bonds is 6. The Kier molecular flexibility index (Phi) is 5.15. The normalized spacial score (nSPS) is 25.8. The molecule has 20 heavy (non-hydrogen) atoms. The van der Waals surface area contributed by atoms with E-state index in [-0.39, 0.29) is 30.6 Å². The van der Waals surface area contributed by atoms with Gasteiger partial charge in [-0.1, -0.05) is 13.3 Å². The molecule has 7 heteroatoms. The number of hydrogen-bond donors (Lipinski definition) is 2. The minimum atomic E-state index is -0.941. The van der Waals surface area contributed by atoms with Crippen molar-refractivity contribution < 1.29 is 19.8 Å².